The van der Waals surface area contributed by atoms with Gasteiger partial charge in [0.1, 0.15) is 0 Å². The van der Waals surface area contributed by atoms with Crippen molar-refractivity contribution in [1.29, 1.82) is 0 Å². The summed E-state index contributed by atoms with van der Waals surface area (Å²) in [6.07, 6.45) is 1.76. The van der Waals surface area contributed by atoms with Gasteiger partial charge in [-0.1, -0.05) is 6.92 Å². The Bertz CT molecular complexity index is 243. The van der Waals surface area contributed by atoms with Gasteiger partial charge in [0.05, 0.1) is 6.54 Å². The zero-order chi connectivity index (χ0) is 11.3. The Morgan fingerprint density at radius 2 is 2.40 bits per heavy atom. The SMILES string of the molecule is CCCN1CC(=O)NCC1CCC(=O)O. The molecule has 0 saturated carbocycles. The van der Waals surface area contributed by atoms with E-state index in [4.69, 9.17) is 5.11 Å². The maximum Gasteiger partial charge on any atom is 0.303 e. The molecule has 1 saturated heterocycles. The summed E-state index contributed by atoms with van der Waals surface area (Å²) in [6.45, 7) is 3.89. The molecule has 0 radical (unpaired) electrons. The molecule has 1 amide bonds. The van der Waals surface area contributed by atoms with Crippen molar-refractivity contribution in [2.24, 2.45) is 0 Å². The van der Waals surface area contributed by atoms with Gasteiger partial charge >= 0.3 is 5.97 Å². The van der Waals surface area contributed by atoms with Gasteiger partial charge in [-0.15, -0.1) is 0 Å². The highest BCUT2D eigenvalue weighted by Crippen LogP contribution is 2.10. The number of carbonyl (C=O) groups is 2. The smallest absolute Gasteiger partial charge is 0.303 e. The van der Waals surface area contributed by atoms with Gasteiger partial charge in [0.2, 0.25) is 5.91 Å². The lowest BCUT2D eigenvalue weighted by molar-refractivity contribution is -0.137. The standard InChI is InChI=1S/C10H18N2O3/c1-2-5-12-7-9(13)11-6-8(12)3-4-10(14)15/h8H,2-7H2,1H3,(H,11,13)(H,14,15). The molecule has 0 bridgehead atoms. The van der Waals surface area contributed by atoms with Crippen LogP contribution in [-0.4, -0.2) is 47.6 Å². The van der Waals surface area contributed by atoms with E-state index < -0.39 is 5.97 Å². The number of piperazine rings is 1. The summed E-state index contributed by atoms with van der Waals surface area (Å²) >= 11 is 0. The summed E-state index contributed by atoms with van der Waals surface area (Å²) < 4.78 is 0. The highest BCUT2D eigenvalue weighted by Gasteiger charge is 2.25. The first-order chi connectivity index (χ1) is 7.13. The van der Waals surface area contributed by atoms with Gasteiger partial charge in [-0.05, 0) is 19.4 Å². The molecule has 1 atom stereocenters. The number of nitrogens with one attached hydrogen (secondary N) is 1. The van der Waals surface area contributed by atoms with Gasteiger partial charge in [-0.3, -0.25) is 14.5 Å². The molecule has 0 aromatic heterocycles. The van der Waals surface area contributed by atoms with E-state index in [2.05, 4.69) is 17.1 Å². The summed E-state index contributed by atoms with van der Waals surface area (Å²) in [6, 6.07) is 0.179. The minimum atomic E-state index is -0.775. The fourth-order valence-corrected chi connectivity index (χ4v) is 1.85. The molecule has 0 aromatic rings. The van der Waals surface area contributed by atoms with E-state index in [1.165, 1.54) is 0 Å². The Kier molecular flexibility index (Phi) is 4.55. The zero-order valence-corrected chi connectivity index (χ0v) is 9.03. The topological polar surface area (TPSA) is 69.6 Å². The second kappa shape index (κ2) is 5.70. The number of rotatable bonds is 5. The van der Waals surface area contributed by atoms with Crippen LogP contribution in [0, 0.1) is 0 Å². The van der Waals surface area contributed by atoms with E-state index in [0.717, 1.165) is 13.0 Å². The number of hydrogen-bond donors (Lipinski definition) is 2. The van der Waals surface area contributed by atoms with Crippen molar-refractivity contribution in [2.75, 3.05) is 19.6 Å². The van der Waals surface area contributed by atoms with Crippen LogP contribution in [0.3, 0.4) is 0 Å². The minimum Gasteiger partial charge on any atom is -0.481 e. The lowest BCUT2D eigenvalue weighted by Gasteiger charge is -2.35. The number of carbonyl (C=O) groups excluding carboxylic acids is 1. The maximum atomic E-state index is 11.2. The fourth-order valence-electron chi connectivity index (χ4n) is 1.85. The molecule has 0 aromatic carbocycles. The number of nitrogens with zero attached hydrogens (tertiary/aromatic N) is 1. The van der Waals surface area contributed by atoms with E-state index in [1.54, 1.807) is 0 Å². The molecule has 1 aliphatic rings. The monoisotopic (exact) mass is 214 g/mol. The Hall–Kier alpha value is -1.10. The number of carboxylic acid groups (broad SMARTS) is 1. The van der Waals surface area contributed by atoms with Crippen molar-refractivity contribution in [3.63, 3.8) is 0 Å². The van der Waals surface area contributed by atoms with Crippen LogP contribution in [0.2, 0.25) is 0 Å². The lowest BCUT2D eigenvalue weighted by Crippen LogP contribution is -2.54. The molecule has 0 spiro atoms. The third-order valence-electron chi connectivity index (χ3n) is 2.60. The predicted octanol–water partition coefficient (Wildman–Crippen LogP) is 0.0616. The van der Waals surface area contributed by atoms with E-state index in [1.807, 2.05) is 0 Å². The largest absolute Gasteiger partial charge is 0.481 e. The van der Waals surface area contributed by atoms with Crippen LogP contribution in [0.5, 0.6) is 0 Å². The number of carboxylic acids is 1. The molecular formula is C10H18N2O3. The molecule has 1 unspecified atom stereocenters. The third kappa shape index (κ3) is 3.87. The van der Waals surface area contributed by atoms with Crippen molar-refractivity contribution in [3.8, 4) is 0 Å². The van der Waals surface area contributed by atoms with Crippen molar-refractivity contribution >= 4 is 11.9 Å². The first-order valence-electron chi connectivity index (χ1n) is 5.36. The summed E-state index contributed by atoms with van der Waals surface area (Å²) in [7, 11) is 0. The highest BCUT2D eigenvalue weighted by atomic mass is 16.4. The molecular weight excluding hydrogens is 196 g/mol. The van der Waals surface area contributed by atoms with Crippen LogP contribution < -0.4 is 5.32 Å². The Morgan fingerprint density at radius 1 is 1.67 bits per heavy atom. The molecule has 2 N–H and O–H groups in total. The number of hydrogen-bond acceptors (Lipinski definition) is 3. The summed E-state index contributed by atoms with van der Waals surface area (Å²) in [5, 5.41) is 11.4. The van der Waals surface area contributed by atoms with Crippen molar-refractivity contribution in [2.45, 2.75) is 32.2 Å². The van der Waals surface area contributed by atoms with E-state index in [0.29, 0.717) is 19.5 Å². The second-order valence-electron chi connectivity index (χ2n) is 3.86. The molecule has 0 aliphatic carbocycles. The summed E-state index contributed by atoms with van der Waals surface area (Å²) in [5.74, 6) is -0.738. The average molecular weight is 214 g/mol. The van der Waals surface area contributed by atoms with Crippen LogP contribution in [0.4, 0.5) is 0 Å². The van der Waals surface area contributed by atoms with Gasteiger partial charge in [-0.2, -0.15) is 0 Å². The maximum absolute atomic E-state index is 11.2. The van der Waals surface area contributed by atoms with E-state index in [9.17, 15) is 9.59 Å². The van der Waals surface area contributed by atoms with Gasteiger partial charge < -0.3 is 10.4 Å². The van der Waals surface area contributed by atoms with Crippen LogP contribution in [0.1, 0.15) is 26.2 Å². The first kappa shape index (κ1) is 12.0. The minimum absolute atomic E-state index is 0.0371. The van der Waals surface area contributed by atoms with Crippen LogP contribution in [0.25, 0.3) is 0 Å². The zero-order valence-electron chi connectivity index (χ0n) is 9.03. The molecule has 1 heterocycles. The molecule has 15 heavy (non-hydrogen) atoms. The van der Waals surface area contributed by atoms with Gasteiger partial charge in [-0.25, -0.2) is 0 Å². The highest BCUT2D eigenvalue weighted by molar-refractivity contribution is 5.78. The first-order valence-corrected chi connectivity index (χ1v) is 5.36. The molecule has 1 aliphatic heterocycles. The van der Waals surface area contributed by atoms with Gasteiger partial charge in [0.25, 0.3) is 0 Å². The number of aliphatic carboxylic acids is 1. The second-order valence-corrected chi connectivity index (χ2v) is 3.86. The van der Waals surface area contributed by atoms with Crippen molar-refractivity contribution < 1.29 is 14.7 Å². The molecule has 5 nitrogen and oxygen atoms in total. The Morgan fingerprint density at radius 3 is 3.00 bits per heavy atom. The summed E-state index contributed by atoms with van der Waals surface area (Å²) in [5.41, 5.74) is 0. The van der Waals surface area contributed by atoms with Crippen LogP contribution in [-0.2, 0) is 9.59 Å². The van der Waals surface area contributed by atoms with Gasteiger partial charge in [0, 0.05) is 19.0 Å². The Balaban J connectivity index is 2.44. The van der Waals surface area contributed by atoms with E-state index in [-0.39, 0.29) is 18.4 Å². The normalized spacial score (nSPS) is 22.5. The van der Waals surface area contributed by atoms with Crippen molar-refractivity contribution in [1.82, 2.24) is 10.2 Å². The lowest BCUT2D eigenvalue weighted by atomic mass is 10.1. The van der Waals surface area contributed by atoms with E-state index >= 15 is 0 Å². The average Bonchev–Trinajstić information content (AvgIpc) is 2.17. The van der Waals surface area contributed by atoms with Crippen molar-refractivity contribution in [3.05, 3.63) is 0 Å². The van der Waals surface area contributed by atoms with Gasteiger partial charge in [0.15, 0.2) is 0 Å². The fraction of sp³-hybridized carbons (Fsp3) is 0.800. The molecule has 1 rings (SSSR count). The van der Waals surface area contributed by atoms with Crippen LogP contribution >= 0.6 is 0 Å². The third-order valence-corrected chi connectivity index (χ3v) is 2.60. The van der Waals surface area contributed by atoms with Crippen LogP contribution in [0.15, 0.2) is 0 Å². The molecule has 1 fully saturated rings. The quantitative estimate of drug-likeness (QED) is 0.679. The molecule has 86 valence electrons. The molecule has 5 heteroatoms. The number of amides is 1. The predicted molar refractivity (Wildman–Crippen MR) is 55.5 cm³/mol. The summed E-state index contributed by atoms with van der Waals surface area (Å²) in [4.78, 5) is 23.7. The Labute approximate surface area is 89.4 Å².